The second-order valence-electron chi connectivity index (χ2n) is 3.10. The van der Waals surface area contributed by atoms with Crippen molar-refractivity contribution >= 4 is 12.0 Å². The summed E-state index contributed by atoms with van der Waals surface area (Å²) < 4.78 is 1.96. The highest BCUT2D eigenvalue weighted by atomic mass is 15.1. The SMILES string of the molecule is CNC1C=C(c2nccn2C)NC=N1. The van der Waals surface area contributed by atoms with Gasteiger partial charge in [-0.3, -0.25) is 10.3 Å². The second kappa shape index (κ2) is 3.63. The van der Waals surface area contributed by atoms with E-state index in [1.54, 1.807) is 12.5 Å². The smallest absolute Gasteiger partial charge is 0.155 e. The molecule has 0 fully saturated rings. The third kappa shape index (κ3) is 1.54. The molecule has 0 aliphatic carbocycles. The number of hydrogen-bond acceptors (Lipinski definition) is 4. The van der Waals surface area contributed by atoms with Crippen molar-refractivity contribution in [2.45, 2.75) is 6.17 Å². The first-order valence-electron chi connectivity index (χ1n) is 4.46. The molecule has 1 aromatic rings. The van der Waals surface area contributed by atoms with Crippen LogP contribution in [0.15, 0.2) is 23.5 Å². The van der Waals surface area contributed by atoms with Gasteiger partial charge in [0.1, 0.15) is 6.17 Å². The van der Waals surface area contributed by atoms with Gasteiger partial charge in [-0.2, -0.15) is 0 Å². The molecule has 1 aromatic heterocycles. The Balaban J connectivity index is 2.28. The molecule has 1 aliphatic rings. The molecule has 14 heavy (non-hydrogen) atoms. The van der Waals surface area contributed by atoms with Crippen LogP contribution in [-0.2, 0) is 7.05 Å². The fourth-order valence-electron chi connectivity index (χ4n) is 1.36. The van der Waals surface area contributed by atoms with Crippen LogP contribution in [0.5, 0.6) is 0 Å². The zero-order chi connectivity index (χ0) is 9.97. The van der Waals surface area contributed by atoms with Crippen LogP contribution in [0.1, 0.15) is 5.82 Å². The molecule has 0 bridgehead atoms. The summed E-state index contributed by atoms with van der Waals surface area (Å²) in [5, 5.41) is 6.14. The zero-order valence-electron chi connectivity index (χ0n) is 8.23. The topological polar surface area (TPSA) is 54.2 Å². The van der Waals surface area contributed by atoms with Crippen molar-refractivity contribution in [2.24, 2.45) is 12.0 Å². The fraction of sp³-hybridized carbons (Fsp3) is 0.333. The Morgan fingerprint density at radius 2 is 2.43 bits per heavy atom. The molecule has 2 heterocycles. The maximum Gasteiger partial charge on any atom is 0.155 e. The van der Waals surface area contributed by atoms with E-state index >= 15 is 0 Å². The molecule has 0 amide bonds. The van der Waals surface area contributed by atoms with E-state index in [9.17, 15) is 0 Å². The number of aryl methyl sites for hydroxylation is 1. The standard InChI is InChI=1S/C9H13N5/c1-10-8-5-7(12-6-13-8)9-11-3-4-14(9)2/h3-6,8,10H,1-2H3,(H,12,13). The van der Waals surface area contributed by atoms with Gasteiger partial charge < -0.3 is 9.88 Å². The summed E-state index contributed by atoms with van der Waals surface area (Å²) in [5.74, 6) is 0.913. The molecular formula is C9H13N5. The number of imidazole rings is 1. The van der Waals surface area contributed by atoms with E-state index in [2.05, 4.69) is 20.6 Å². The summed E-state index contributed by atoms with van der Waals surface area (Å²) >= 11 is 0. The summed E-state index contributed by atoms with van der Waals surface area (Å²) in [5.41, 5.74) is 0.979. The van der Waals surface area contributed by atoms with Crippen molar-refractivity contribution < 1.29 is 0 Å². The quantitative estimate of drug-likeness (QED) is 0.688. The number of aromatic nitrogens is 2. The minimum absolute atomic E-state index is 0.0305. The second-order valence-corrected chi connectivity index (χ2v) is 3.10. The number of likely N-dealkylation sites (N-methyl/N-ethyl adjacent to an activating group) is 1. The molecule has 1 unspecified atom stereocenters. The molecule has 2 rings (SSSR count). The number of hydrogen-bond donors (Lipinski definition) is 2. The van der Waals surface area contributed by atoms with Gasteiger partial charge in [0.15, 0.2) is 5.82 Å². The summed E-state index contributed by atoms with van der Waals surface area (Å²) in [6, 6.07) is 0. The van der Waals surface area contributed by atoms with E-state index in [1.165, 1.54) is 0 Å². The van der Waals surface area contributed by atoms with Gasteiger partial charge in [0, 0.05) is 19.4 Å². The monoisotopic (exact) mass is 191 g/mol. The number of nitrogens with zero attached hydrogens (tertiary/aromatic N) is 3. The van der Waals surface area contributed by atoms with Gasteiger partial charge in [0.2, 0.25) is 0 Å². The minimum atomic E-state index is 0.0305. The summed E-state index contributed by atoms with van der Waals surface area (Å²) in [7, 11) is 3.84. The van der Waals surface area contributed by atoms with Gasteiger partial charge in [-0.05, 0) is 13.1 Å². The molecule has 0 spiro atoms. The Labute approximate surface area is 82.6 Å². The molecule has 0 saturated carbocycles. The van der Waals surface area contributed by atoms with Gasteiger partial charge in [-0.25, -0.2) is 4.98 Å². The molecule has 74 valence electrons. The van der Waals surface area contributed by atoms with E-state index in [4.69, 9.17) is 0 Å². The van der Waals surface area contributed by atoms with E-state index in [-0.39, 0.29) is 6.17 Å². The lowest BCUT2D eigenvalue weighted by molar-refractivity contribution is 0.692. The van der Waals surface area contributed by atoms with Gasteiger partial charge in [0.25, 0.3) is 0 Å². The molecule has 0 radical (unpaired) electrons. The molecule has 5 nitrogen and oxygen atoms in total. The van der Waals surface area contributed by atoms with Crippen LogP contribution in [0.2, 0.25) is 0 Å². The lowest BCUT2D eigenvalue weighted by Gasteiger charge is -2.15. The summed E-state index contributed by atoms with van der Waals surface area (Å²) in [6.45, 7) is 0. The number of nitrogens with one attached hydrogen (secondary N) is 2. The first-order valence-corrected chi connectivity index (χ1v) is 4.46. The molecule has 1 aliphatic heterocycles. The predicted octanol–water partition coefficient (Wildman–Crippen LogP) is -0.0620. The van der Waals surface area contributed by atoms with E-state index in [0.717, 1.165) is 11.5 Å². The van der Waals surface area contributed by atoms with Gasteiger partial charge in [-0.1, -0.05) is 0 Å². The number of aliphatic imine (C=N–C) groups is 1. The molecule has 5 heteroatoms. The van der Waals surface area contributed by atoms with Crippen LogP contribution in [0.3, 0.4) is 0 Å². The van der Waals surface area contributed by atoms with E-state index in [1.807, 2.05) is 30.9 Å². The van der Waals surface area contributed by atoms with Crippen LogP contribution >= 0.6 is 0 Å². The van der Waals surface area contributed by atoms with Crippen molar-refractivity contribution in [2.75, 3.05) is 7.05 Å². The minimum Gasteiger partial charge on any atom is -0.344 e. The third-order valence-electron chi connectivity index (χ3n) is 2.14. The molecular weight excluding hydrogens is 178 g/mol. The maximum absolute atomic E-state index is 4.25. The Kier molecular flexibility index (Phi) is 2.32. The summed E-state index contributed by atoms with van der Waals surface area (Å²) in [4.78, 5) is 8.43. The van der Waals surface area contributed by atoms with Crippen molar-refractivity contribution in [3.63, 3.8) is 0 Å². The van der Waals surface area contributed by atoms with Crippen molar-refractivity contribution in [1.82, 2.24) is 20.2 Å². The van der Waals surface area contributed by atoms with Crippen molar-refractivity contribution in [1.29, 1.82) is 0 Å². The zero-order valence-corrected chi connectivity index (χ0v) is 8.23. The third-order valence-corrected chi connectivity index (χ3v) is 2.14. The first kappa shape index (κ1) is 8.96. The highest BCUT2D eigenvalue weighted by Gasteiger charge is 2.11. The molecule has 0 saturated heterocycles. The van der Waals surface area contributed by atoms with Crippen molar-refractivity contribution in [3.05, 3.63) is 24.3 Å². The van der Waals surface area contributed by atoms with Gasteiger partial charge in [-0.15, -0.1) is 0 Å². The van der Waals surface area contributed by atoms with Crippen LogP contribution < -0.4 is 10.6 Å². The lowest BCUT2D eigenvalue weighted by Crippen LogP contribution is -2.28. The van der Waals surface area contributed by atoms with Crippen LogP contribution in [0.25, 0.3) is 5.70 Å². The molecule has 0 aromatic carbocycles. The first-order chi connectivity index (χ1) is 6.81. The fourth-order valence-corrected chi connectivity index (χ4v) is 1.36. The van der Waals surface area contributed by atoms with Crippen molar-refractivity contribution in [3.8, 4) is 0 Å². The highest BCUT2D eigenvalue weighted by molar-refractivity contribution is 5.76. The molecule has 1 atom stereocenters. The normalized spacial score (nSPS) is 20.4. The summed E-state index contributed by atoms with van der Waals surface area (Å²) in [6.07, 6.45) is 7.41. The van der Waals surface area contributed by atoms with E-state index in [0.29, 0.717) is 0 Å². The van der Waals surface area contributed by atoms with Gasteiger partial charge in [0.05, 0.1) is 12.0 Å². The van der Waals surface area contributed by atoms with Crippen LogP contribution in [0.4, 0.5) is 0 Å². The largest absolute Gasteiger partial charge is 0.344 e. The highest BCUT2D eigenvalue weighted by Crippen LogP contribution is 2.10. The Morgan fingerprint density at radius 1 is 1.57 bits per heavy atom. The lowest BCUT2D eigenvalue weighted by atomic mass is 10.3. The van der Waals surface area contributed by atoms with Crippen LogP contribution in [0, 0.1) is 0 Å². The average molecular weight is 191 g/mol. The average Bonchev–Trinajstić information content (AvgIpc) is 2.65. The Morgan fingerprint density at radius 3 is 3.07 bits per heavy atom. The maximum atomic E-state index is 4.25. The van der Waals surface area contributed by atoms with E-state index < -0.39 is 0 Å². The predicted molar refractivity (Wildman–Crippen MR) is 55.7 cm³/mol. The molecule has 2 N–H and O–H groups in total. The Bertz CT molecular complexity index is 376. The van der Waals surface area contributed by atoms with Crippen LogP contribution in [-0.4, -0.2) is 29.1 Å². The Hall–Kier alpha value is -1.62. The van der Waals surface area contributed by atoms with Gasteiger partial charge >= 0.3 is 0 Å². The number of rotatable bonds is 2.